The molecule has 2 N–H and O–H groups in total. The fourth-order valence-electron chi connectivity index (χ4n) is 2.05. The van der Waals surface area contributed by atoms with Gasteiger partial charge in [0.25, 0.3) is 0 Å². The van der Waals surface area contributed by atoms with Crippen molar-refractivity contribution in [1.82, 2.24) is 4.90 Å². The van der Waals surface area contributed by atoms with Crippen molar-refractivity contribution >= 4 is 11.6 Å². The van der Waals surface area contributed by atoms with E-state index in [0.717, 1.165) is 11.1 Å². The van der Waals surface area contributed by atoms with Crippen molar-refractivity contribution in [3.8, 4) is 0 Å². The summed E-state index contributed by atoms with van der Waals surface area (Å²) < 4.78 is 0. The van der Waals surface area contributed by atoms with E-state index in [2.05, 4.69) is 31.2 Å². The number of aryl methyl sites for hydroxylation is 1. The lowest BCUT2D eigenvalue weighted by Crippen LogP contribution is -2.27. The molecule has 0 spiro atoms. The normalized spacial score (nSPS) is 10.3. The first kappa shape index (κ1) is 14.1. The van der Waals surface area contributed by atoms with Gasteiger partial charge in [0.1, 0.15) is 0 Å². The lowest BCUT2D eigenvalue weighted by Gasteiger charge is -2.18. The average Bonchev–Trinajstić information content (AvgIpc) is 2.44. The highest BCUT2D eigenvalue weighted by molar-refractivity contribution is 5.80. The lowest BCUT2D eigenvalue weighted by atomic mass is 10.1. The van der Waals surface area contributed by atoms with Crippen molar-refractivity contribution in [2.45, 2.75) is 19.9 Å². The lowest BCUT2D eigenvalue weighted by molar-refractivity contribution is -0.129. The number of para-hydroxylation sites is 1. The summed E-state index contributed by atoms with van der Waals surface area (Å²) in [5, 5.41) is 0. The van der Waals surface area contributed by atoms with Gasteiger partial charge in [-0.15, -0.1) is 0 Å². The van der Waals surface area contributed by atoms with Crippen LogP contribution in [0, 0.1) is 6.92 Å². The quantitative estimate of drug-likeness (QED) is 0.867. The van der Waals surface area contributed by atoms with Gasteiger partial charge >= 0.3 is 0 Å². The van der Waals surface area contributed by atoms with Gasteiger partial charge in [-0.25, -0.2) is 0 Å². The second kappa shape index (κ2) is 6.24. The predicted octanol–water partition coefficient (Wildman–Crippen LogP) is 2.78. The highest BCUT2D eigenvalue weighted by atomic mass is 16.2. The number of anilines is 1. The van der Waals surface area contributed by atoms with E-state index in [0.29, 0.717) is 18.7 Å². The second-order valence-corrected chi connectivity index (χ2v) is 5.11. The largest absolute Gasteiger partial charge is 0.398 e. The maximum atomic E-state index is 12.2. The fraction of sp³-hybridized carbons (Fsp3) is 0.235. The summed E-state index contributed by atoms with van der Waals surface area (Å²) in [4.78, 5) is 13.9. The van der Waals surface area contributed by atoms with Crippen LogP contribution in [0.15, 0.2) is 48.5 Å². The number of nitrogen functional groups attached to an aromatic ring is 1. The zero-order chi connectivity index (χ0) is 14.5. The molecule has 0 aromatic heterocycles. The van der Waals surface area contributed by atoms with Gasteiger partial charge in [0.05, 0.1) is 6.42 Å². The molecule has 3 heteroatoms. The molecule has 1 amide bonds. The molecule has 3 nitrogen and oxygen atoms in total. The molecule has 2 aromatic carbocycles. The second-order valence-electron chi connectivity index (χ2n) is 5.11. The van der Waals surface area contributed by atoms with Crippen LogP contribution in [0.4, 0.5) is 5.69 Å². The minimum atomic E-state index is 0.0727. The molecule has 0 atom stereocenters. The molecule has 20 heavy (non-hydrogen) atoms. The number of nitrogens with two attached hydrogens (primary N) is 1. The monoisotopic (exact) mass is 268 g/mol. The van der Waals surface area contributed by atoms with Crippen molar-refractivity contribution in [1.29, 1.82) is 0 Å². The molecule has 0 bridgehead atoms. The van der Waals surface area contributed by atoms with Crippen LogP contribution in [0.1, 0.15) is 16.7 Å². The highest BCUT2D eigenvalue weighted by Crippen LogP contribution is 2.13. The van der Waals surface area contributed by atoms with Gasteiger partial charge in [0.15, 0.2) is 0 Å². The Morgan fingerprint density at radius 2 is 1.75 bits per heavy atom. The molecule has 0 heterocycles. The molecule has 104 valence electrons. The van der Waals surface area contributed by atoms with E-state index in [9.17, 15) is 4.79 Å². The predicted molar refractivity (Wildman–Crippen MR) is 82.2 cm³/mol. The van der Waals surface area contributed by atoms with Crippen molar-refractivity contribution in [2.24, 2.45) is 0 Å². The maximum Gasteiger partial charge on any atom is 0.227 e. The van der Waals surface area contributed by atoms with E-state index >= 15 is 0 Å². The number of nitrogens with zero attached hydrogens (tertiary/aromatic N) is 1. The summed E-state index contributed by atoms with van der Waals surface area (Å²) in [6.07, 6.45) is 0.342. The molecule has 0 unspecified atom stereocenters. The van der Waals surface area contributed by atoms with E-state index in [1.165, 1.54) is 5.56 Å². The highest BCUT2D eigenvalue weighted by Gasteiger charge is 2.11. The van der Waals surface area contributed by atoms with Crippen LogP contribution in [0.3, 0.4) is 0 Å². The van der Waals surface area contributed by atoms with Crippen LogP contribution < -0.4 is 5.73 Å². The van der Waals surface area contributed by atoms with E-state index < -0.39 is 0 Å². The Labute approximate surface area is 120 Å². The van der Waals surface area contributed by atoms with Crippen LogP contribution in [0.25, 0.3) is 0 Å². The molecule has 0 fully saturated rings. The van der Waals surface area contributed by atoms with Crippen molar-refractivity contribution in [3.63, 3.8) is 0 Å². The van der Waals surface area contributed by atoms with Crippen LogP contribution in [-0.2, 0) is 17.8 Å². The Balaban J connectivity index is 1.99. The molecule has 0 aliphatic heterocycles. The topological polar surface area (TPSA) is 46.3 Å². The smallest absolute Gasteiger partial charge is 0.227 e. The van der Waals surface area contributed by atoms with Crippen LogP contribution in [0.2, 0.25) is 0 Å². The van der Waals surface area contributed by atoms with Gasteiger partial charge in [-0.05, 0) is 24.1 Å². The third-order valence-electron chi connectivity index (χ3n) is 3.36. The van der Waals surface area contributed by atoms with Gasteiger partial charge in [-0.1, -0.05) is 48.0 Å². The summed E-state index contributed by atoms with van der Waals surface area (Å²) in [6.45, 7) is 2.67. The van der Waals surface area contributed by atoms with E-state index in [-0.39, 0.29) is 5.91 Å². The molecule has 0 saturated carbocycles. The zero-order valence-electron chi connectivity index (χ0n) is 12.0. The fourth-order valence-corrected chi connectivity index (χ4v) is 2.05. The summed E-state index contributed by atoms with van der Waals surface area (Å²) in [7, 11) is 1.82. The first-order valence-corrected chi connectivity index (χ1v) is 6.69. The Morgan fingerprint density at radius 3 is 2.40 bits per heavy atom. The summed E-state index contributed by atoms with van der Waals surface area (Å²) in [5.41, 5.74) is 9.77. The molecule has 0 radical (unpaired) electrons. The van der Waals surface area contributed by atoms with E-state index in [1.54, 1.807) is 4.90 Å². The van der Waals surface area contributed by atoms with Crippen molar-refractivity contribution in [3.05, 3.63) is 65.2 Å². The third kappa shape index (κ3) is 3.60. The first-order chi connectivity index (χ1) is 9.56. The first-order valence-electron chi connectivity index (χ1n) is 6.69. The van der Waals surface area contributed by atoms with Gasteiger partial charge in [0.2, 0.25) is 5.91 Å². The Bertz CT molecular complexity index is 590. The van der Waals surface area contributed by atoms with Crippen LogP contribution >= 0.6 is 0 Å². The van der Waals surface area contributed by atoms with Crippen molar-refractivity contribution < 1.29 is 4.79 Å². The number of carbonyl (C=O) groups excluding carboxylic acids is 1. The number of hydrogen-bond donors (Lipinski definition) is 1. The zero-order valence-corrected chi connectivity index (χ0v) is 12.0. The minimum absolute atomic E-state index is 0.0727. The van der Waals surface area contributed by atoms with Gasteiger partial charge < -0.3 is 10.6 Å². The summed E-state index contributed by atoms with van der Waals surface area (Å²) >= 11 is 0. The van der Waals surface area contributed by atoms with Crippen molar-refractivity contribution in [2.75, 3.05) is 12.8 Å². The average molecular weight is 268 g/mol. The molecule has 2 rings (SSSR count). The summed E-state index contributed by atoms with van der Waals surface area (Å²) in [6, 6.07) is 15.7. The Kier molecular flexibility index (Phi) is 4.41. The molecular weight excluding hydrogens is 248 g/mol. The molecule has 0 aliphatic carbocycles. The minimum Gasteiger partial charge on any atom is -0.398 e. The maximum absolute atomic E-state index is 12.2. The standard InChI is InChI=1S/C17H20N2O/c1-13-7-9-14(10-8-13)12-19(2)17(20)11-15-5-3-4-6-16(15)18/h3-10H,11-12,18H2,1-2H3. The van der Waals surface area contributed by atoms with E-state index in [1.807, 2.05) is 31.3 Å². The molecule has 0 saturated heterocycles. The number of amides is 1. The van der Waals surface area contributed by atoms with Gasteiger partial charge in [0, 0.05) is 19.3 Å². The van der Waals surface area contributed by atoms with E-state index in [4.69, 9.17) is 5.73 Å². The Morgan fingerprint density at radius 1 is 1.10 bits per heavy atom. The number of benzene rings is 2. The molecular formula is C17H20N2O. The molecule has 0 aliphatic rings. The summed E-state index contributed by atoms with van der Waals surface area (Å²) in [5.74, 6) is 0.0727. The number of carbonyl (C=O) groups is 1. The third-order valence-corrected chi connectivity index (χ3v) is 3.36. The number of hydrogen-bond acceptors (Lipinski definition) is 2. The van der Waals surface area contributed by atoms with Crippen LogP contribution in [-0.4, -0.2) is 17.9 Å². The number of likely N-dealkylation sites (N-methyl/N-ethyl adjacent to an activating group) is 1. The Hall–Kier alpha value is -2.29. The number of rotatable bonds is 4. The SMILES string of the molecule is Cc1ccc(CN(C)C(=O)Cc2ccccc2N)cc1. The van der Waals surface area contributed by atoms with Crippen LogP contribution in [0.5, 0.6) is 0 Å². The molecule has 2 aromatic rings. The van der Waals surface area contributed by atoms with Gasteiger partial charge in [-0.2, -0.15) is 0 Å². The van der Waals surface area contributed by atoms with Gasteiger partial charge in [-0.3, -0.25) is 4.79 Å².